The molecular formula is C13H13N3O5. The summed E-state index contributed by atoms with van der Waals surface area (Å²) in [5, 5.41) is 15.3. The zero-order valence-corrected chi connectivity index (χ0v) is 11.2. The van der Waals surface area contributed by atoms with Gasteiger partial charge in [-0.05, 0) is 25.0 Å². The number of nitrogens with zero attached hydrogens (tertiary/aromatic N) is 1. The molecule has 1 aliphatic rings. The second kappa shape index (κ2) is 5.70. The number of imide groups is 1. The lowest BCUT2D eigenvalue weighted by Gasteiger charge is -2.22. The van der Waals surface area contributed by atoms with Gasteiger partial charge in [-0.3, -0.25) is 29.8 Å². The minimum atomic E-state index is -0.773. The molecular weight excluding hydrogens is 278 g/mol. The van der Waals surface area contributed by atoms with Crippen LogP contribution in [0.25, 0.3) is 0 Å². The molecule has 0 spiro atoms. The van der Waals surface area contributed by atoms with Crippen molar-refractivity contribution in [1.29, 1.82) is 0 Å². The van der Waals surface area contributed by atoms with Crippen molar-refractivity contribution in [2.75, 3.05) is 0 Å². The van der Waals surface area contributed by atoms with Crippen molar-refractivity contribution in [2.24, 2.45) is 0 Å². The maximum atomic E-state index is 12.1. The SMILES string of the molecule is Cc1cc([N+](=O)[O-])ccc1C(=O)NC1CCC(=O)NC1=O. The van der Waals surface area contributed by atoms with Gasteiger partial charge in [0.15, 0.2) is 0 Å². The smallest absolute Gasteiger partial charge is 0.269 e. The lowest BCUT2D eigenvalue weighted by atomic mass is 10.0. The van der Waals surface area contributed by atoms with E-state index in [2.05, 4.69) is 10.6 Å². The van der Waals surface area contributed by atoms with Crippen LogP contribution in [0.1, 0.15) is 28.8 Å². The quantitative estimate of drug-likeness (QED) is 0.476. The van der Waals surface area contributed by atoms with E-state index in [1.165, 1.54) is 18.2 Å². The molecule has 1 aromatic rings. The molecule has 1 saturated heterocycles. The summed E-state index contributed by atoms with van der Waals surface area (Å²) in [6, 6.07) is 3.09. The van der Waals surface area contributed by atoms with Gasteiger partial charge in [-0.2, -0.15) is 0 Å². The predicted molar refractivity (Wildman–Crippen MR) is 71.5 cm³/mol. The standard InChI is InChI=1S/C13H13N3O5/c1-7-6-8(16(20)21)2-3-9(7)12(18)14-10-4-5-11(17)15-13(10)19/h2-3,6,10H,4-5H2,1H3,(H,14,18)(H,15,17,19). The Morgan fingerprint density at radius 1 is 1.43 bits per heavy atom. The van der Waals surface area contributed by atoms with Crippen molar-refractivity contribution < 1.29 is 19.3 Å². The van der Waals surface area contributed by atoms with E-state index in [0.29, 0.717) is 5.56 Å². The molecule has 2 rings (SSSR count). The fraction of sp³-hybridized carbons (Fsp3) is 0.308. The summed E-state index contributed by atoms with van der Waals surface area (Å²) < 4.78 is 0. The summed E-state index contributed by atoms with van der Waals surface area (Å²) in [6.45, 7) is 1.58. The van der Waals surface area contributed by atoms with Crippen LogP contribution in [0.5, 0.6) is 0 Å². The van der Waals surface area contributed by atoms with Gasteiger partial charge in [0.2, 0.25) is 11.8 Å². The first-order valence-electron chi connectivity index (χ1n) is 6.28. The predicted octanol–water partition coefficient (Wildman–Crippen LogP) is 0.438. The highest BCUT2D eigenvalue weighted by Gasteiger charge is 2.28. The Hall–Kier alpha value is -2.77. The highest BCUT2D eigenvalue weighted by Crippen LogP contribution is 2.17. The van der Waals surface area contributed by atoms with Crippen LogP contribution in [0.15, 0.2) is 18.2 Å². The third kappa shape index (κ3) is 3.22. The molecule has 1 unspecified atom stereocenters. The van der Waals surface area contributed by atoms with E-state index >= 15 is 0 Å². The molecule has 1 fully saturated rings. The number of carbonyl (C=O) groups excluding carboxylic acids is 3. The zero-order valence-electron chi connectivity index (χ0n) is 11.2. The van der Waals surface area contributed by atoms with Crippen molar-refractivity contribution in [3.05, 3.63) is 39.4 Å². The van der Waals surface area contributed by atoms with Crippen LogP contribution in [0.2, 0.25) is 0 Å². The lowest BCUT2D eigenvalue weighted by molar-refractivity contribution is -0.384. The second-order valence-corrected chi connectivity index (χ2v) is 4.73. The van der Waals surface area contributed by atoms with E-state index in [1.54, 1.807) is 6.92 Å². The number of carbonyl (C=O) groups is 3. The molecule has 3 amide bonds. The maximum absolute atomic E-state index is 12.1. The van der Waals surface area contributed by atoms with Gasteiger partial charge < -0.3 is 5.32 Å². The summed E-state index contributed by atoms with van der Waals surface area (Å²) in [7, 11) is 0. The van der Waals surface area contributed by atoms with Gasteiger partial charge in [-0.25, -0.2) is 0 Å². The van der Waals surface area contributed by atoms with E-state index < -0.39 is 22.8 Å². The second-order valence-electron chi connectivity index (χ2n) is 4.73. The molecule has 0 aromatic heterocycles. The van der Waals surface area contributed by atoms with Gasteiger partial charge in [-0.15, -0.1) is 0 Å². The summed E-state index contributed by atoms with van der Waals surface area (Å²) in [4.78, 5) is 44.8. The number of nitrogens with one attached hydrogen (secondary N) is 2. The number of nitro benzene ring substituents is 1. The number of piperidine rings is 1. The van der Waals surface area contributed by atoms with Gasteiger partial charge >= 0.3 is 0 Å². The average Bonchev–Trinajstić information content (AvgIpc) is 2.41. The van der Waals surface area contributed by atoms with Gasteiger partial charge in [-0.1, -0.05) is 0 Å². The number of hydrogen-bond acceptors (Lipinski definition) is 5. The van der Waals surface area contributed by atoms with Crippen LogP contribution in [0.4, 0.5) is 5.69 Å². The van der Waals surface area contributed by atoms with Gasteiger partial charge in [0.25, 0.3) is 11.6 Å². The van der Waals surface area contributed by atoms with Crippen molar-refractivity contribution in [2.45, 2.75) is 25.8 Å². The van der Waals surface area contributed by atoms with Crippen LogP contribution in [-0.4, -0.2) is 28.7 Å². The first kappa shape index (κ1) is 14.6. The summed E-state index contributed by atoms with van der Waals surface area (Å²) in [5.74, 6) is -1.41. The number of nitro groups is 1. The molecule has 0 radical (unpaired) electrons. The fourth-order valence-corrected chi connectivity index (χ4v) is 2.08. The van der Waals surface area contributed by atoms with E-state index in [4.69, 9.17) is 0 Å². The lowest BCUT2D eigenvalue weighted by Crippen LogP contribution is -2.52. The Morgan fingerprint density at radius 2 is 2.14 bits per heavy atom. The Bertz CT molecular complexity index is 641. The third-order valence-electron chi connectivity index (χ3n) is 3.21. The van der Waals surface area contributed by atoms with Crippen LogP contribution in [0, 0.1) is 17.0 Å². The number of hydrogen-bond donors (Lipinski definition) is 2. The van der Waals surface area contributed by atoms with E-state index in [-0.39, 0.29) is 30.0 Å². The molecule has 1 atom stereocenters. The Balaban J connectivity index is 2.12. The molecule has 1 aromatic carbocycles. The molecule has 2 N–H and O–H groups in total. The zero-order chi connectivity index (χ0) is 15.6. The molecule has 0 bridgehead atoms. The van der Waals surface area contributed by atoms with Crippen molar-refractivity contribution in [3.63, 3.8) is 0 Å². The Labute approximate surface area is 119 Å². The van der Waals surface area contributed by atoms with Crippen molar-refractivity contribution in [3.8, 4) is 0 Å². The van der Waals surface area contributed by atoms with Crippen molar-refractivity contribution in [1.82, 2.24) is 10.6 Å². The van der Waals surface area contributed by atoms with Gasteiger partial charge in [0, 0.05) is 24.1 Å². The van der Waals surface area contributed by atoms with Crippen LogP contribution in [-0.2, 0) is 9.59 Å². The maximum Gasteiger partial charge on any atom is 0.269 e. The van der Waals surface area contributed by atoms with Crippen LogP contribution in [0.3, 0.4) is 0 Å². The number of aryl methyl sites for hydroxylation is 1. The van der Waals surface area contributed by atoms with E-state index in [1.807, 2.05) is 0 Å². The monoisotopic (exact) mass is 291 g/mol. The van der Waals surface area contributed by atoms with Crippen LogP contribution >= 0.6 is 0 Å². The number of rotatable bonds is 3. The molecule has 8 nitrogen and oxygen atoms in total. The summed E-state index contributed by atoms with van der Waals surface area (Å²) in [5.41, 5.74) is 0.587. The number of benzene rings is 1. The van der Waals surface area contributed by atoms with E-state index in [0.717, 1.165) is 0 Å². The molecule has 0 saturated carbocycles. The first-order valence-corrected chi connectivity index (χ1v) is 6.28. The highest BCUT2D eigenvalue weighted by molar-refractivity contribution is 6.04. The largest absolute Gasteiger partial charge is 0.340 e. The summed E-state index contributed by atoms with van der Waals surface area (Å²) in [6.07, 6.45) is 0.401. The normalized spacial score (nSPS) is 18.0. The highest BCUT2D eigenvalue weighted by atomic mass is 16.6. The summed E-state index contributed by atoms with van der Waals surface area (Å²) >= 11 is 0. The molecule has 0 aliphatic carbocycles. The fourth-order valence-electron chi connectivity index (χ4n) is 2.08. The topological polar surface area (TPSA) is 118 Å². The Morgan fingerprint density at radius 3 is 2.71 bits per heavy atom. The van der Waals surface area contributed by atoms with Gasteiger partial charge in [0.05, 0.1) is 4.92 Å². The minimum absolute atomic E-state index is 0.106. The van der Waals surface area contributed by atoms with E-state index in [9.17, 15) is 24.5 Å². The molecule has 1 heterocycles. The molecule has 1 aliphatic heterocycles. The molecule has 110 valence electrons. The van der Waals surface area contributed by atoms with Gasteiger partial charge in [0.1, 0.15) is 6.04 Å². The van der Waals surface area contributed by atoms with Crippen LogP contribution < -0.4 is 10.6 Å². The third-order valence-corrected chi connectivity index (χ3v) is 3.21. The number of non-ortho nitro benzene ring substituents is 1. The molecule has 8 heteroatoms. The Kier molecular flexibility index (Phi) is 3.97. The average molecular weight is 291 g/mol. The van der Waals surface area contributed by atoms with Crippen molar-refractivity contribution >= 4 is 23.4 Å². The molecule has 21 heavy (non-hydrogen) atoms. The number of amides is 3. The minimum Gasteiger partial charge on any atom is -0.340 e. The first-order chi connectivity index (χ1) is 9.88.